The van der Waals surface area contributed by atoms with Gasteiger partial charge in [-0.1, -0.05) is 60.7 Å². The number of anilines is 1. The molecule has 1 aliphatic heterocycles. The van der Waals surface area contributed by atoms with Gasteiger partial charge in [0.15, 0.2) is 0 Å². The maximum Gasteiger partial charge on any atom is 0.343 e. The summed E-state index contributed by atoms with van der Waals surface area (Å²) in [6.45, 7) is 0. The number of carbonyl (C=O) groups excluding carboxylic acids is 3. The zero-order chi connectivity index (χ0) is 23.7. The Morgan fingerprint density at radius 2 is 1.37 bits per heavy atom. The third kappa shape index (κ3) is 3.11. The Kier molecular flexibility index (Phi) is 4.37. The Morgan fingerprint density at radius 3 is 2.03 bits per heavy atom. The fourth-order valence-electron chi connectivity index (χ4n) is 6.50. The summed E-state index contributed by atoms with van der Waals surface area (Å²) in [5.74, 6) is 0.556. The molecular weight excluding hydrogens is 438 g/mol. The van der Waals surface area contributed by atoms with Crippen LogP contribution in [-0.2, 0) is 9.59 Å². The molecule has 3 fully saturated rings. The lowest BCUT2D eigenvalue weighted by molar-refractivity contribution is -0.124. The zero-order valence-electron chi connectivity index (χ0n) is 18.9. The summed E-state index contributed by atoms with van der Waals surface area (Å²) in [6, 6.07) is 23.9. The number of ether oxygens (including phenoxy) is 1. The number of hydrogen-bond acceptors (Lipinski definition) is 4. The molecule has 0 spiro atoms. The molecule has 2 bridgehead atoms. The summed E-state index contributed by atoms with van der Waals surface area (Å²) in [6.07, 6.45) is 5.45. The molecular formula is C30H23NO4. The van der Waals surface area contributed by atoms with Gasteiger partial charge in [-0.05, 0) is 71.6 Å². The van der Waals surface area contributed by atoms with Crippen LogP contribution >= 0.6 is 0 Å². The molecule has 5 nitrogen and oxygen atoms in total. The Labute approximate surface area is 203 Å². The number of carbonyl (C=O) groups is 3. The van der Waals surface area contributed by atoms with Gasteiger partial charge in [0.2, 0.25) is 11.8 Å². The largest absolute Gasteiger partial charge is 0.423 e. The van der Waals surface area contributed by atoms with Crippen molar-refractivity contribution in [1.29, 1.82) is 0 Å². The fourth-order valence-corrected chi connectivity index (χ4v) is 6.50. The number of allylic oxidation sites excluding steroid dienone is 2. The average molecular weight is 462 g/mol. The molecule has 5 aliphatic rings. The predicted molar refractivity (Wildman–Crippen MR) is 130 cm³/mol. The molecule has 3 aromatic rings. The zero-order valence-corrected chi connectivity index (χ0v) is 18.9. The molecule has 0 unspecified atom stereocenters. The Balaban J connectivity index is 1.11. The van der Waals surface area contributed by atoms with Crippen molar-refractivity contribution in [1.82, 2.24) is 0 Å². The van der Waals surface area contributed by atoms with E-state index in [0.29, 0.717) is 28.8 Å². The summed E-state index contributed by atoms with van der Waals surface area (Å²) in [5, 5.41) is 0. The molecule has 0 N–H and O–H groups in total. The van der Waals surface area contributed by atoms with Crippen LogP contribution in [-0.4, -0.2) is 17.8 Å². The van der Waals surface area contributed by atoms with Crippen LogP contribution in [0.5, 0.6) is 5.75 Å². The third-order valence-electron chi connectivity index (χ3n) is 8.17. The van der Waals surface area contributed by atoms with E-state index in [2.05, 4.69) is 12.2 Å². The number of rotatable bonds is 4. The molecule has 6 atom stereocenters. The second-order valence-corrected chi connectivity index (χ2v) is 10.00. The fraction of sp³-hybridized carbons (Fsp3) is 0.233. The summed E-state index contributed by atoms with van der Waals surface area (Å²) >= 11 is 0. The molecule has 1 saturated heterocycles. The van der Waals surface area contributed by atoms with Crippen molar-refractivity contribution in [2.45, 2.75) is 6.42 Å². The van der Waals surface area contributed by atoms with Crippen LogP contribution in [0.3, 0.4) is 0 Å². The van der Waals surface area contributed by atoms with Gasteiger partial charge in [0, 0.05) is 0 Å². The van der Waals surface area contributed by atoms with E-state index in [9.17, 15) is 14.4 Å². The summed E-state index contributed by atoms with van der Waals surface area (Å²) in [4.78, 5) is 41.0. The van der Waals surface area contributed by atoms with Gasteiger partial charge in [0.05, 0.1) is 23.1 Å². The number of nitrogens with zero attached hydrogens (tertiary/aromatic N) is 1. The lowest BCUT2D eigenvalue weighted by Gasteiger charge is -2.37. The molecule has 2 saturated carbocycles. The molecule has 172 valence electrons. The molecule has 0 radical (unpaired) electrons. The quantitative estimate of drug-likeness (QED) is 0.234. The van der Waals surface area contributed by atoms with Crippen molar-refractivity contribution in [3.8, 4) is 16.9 Å². The van der Waals surface area contributed by atoms with Crippen LogP contribution in [0.1, 0.15) is 16.8 Å². The van der Waals surface area contributed by atoms with E-state index in [-0.39, 0.29) is 35.5 Å². The minimum absolute atomic E-state index is 0.133. The first kappa shape index (κ1) is 20.4. The van der Waals surface area contributed by atoms with E-state index >= 15 is 0 Å². The van der Waals surface area contributed by atoms with Crippen molar-refractivity contribution < 1.29 is 19.1 Å². The maximum absolute atomic E-state index is 13.4. The summed E-state index contributed by atoms with van der Waals surface area (Å²) in [7, 11) is 0. The summed E-state index contributed by atoms with van der Waals surface area (Å²) in [5.41, 5.74) is 2.85. The van der Waals surface area contributed by atoms with Crippen molar-refractivity contribution in [2.24, 2.45) is 35.5 Å². The van der Waals surface area contributed by atoms with E-state index in [1.54, 1.807) is 36.4 Å². The smallest absolute Gasteiger partial charge is 0.343 e. The first-order chi connectivity index (χ1) is 17.1. The van der Waals surface area contributed by atoms with E-state index < -0.39 is 5.97 Å². The first-order valence-electron chi connectivity index (χ1n) is 12.1. The Hall–Kier alpha value is -3.99. The van der Waals surface area contributed by atoms with Crippen molar-refractivity contribution >= 4 is 23.5 Å². The Bertz CT molecular complexity index is 1360. The SMILES string of the molecule is O=C(Oc1ccc(-c2ccccc2)cc1)c1cccc(N2C(=O)[C@@H]3[C@H]4C=C[C@@H]([C@@H]5C[C@H]45)[C@@H]3C2=O)c1. The molecule has 3 aromatic carbocycles. The minimum atomic E-state index is -0.529. The van der Waals surface area contributed by atoms with E-state index in [1.165, 1.54) is 4.90 Å². The van der Waals surface area contributed by atoms with Crippen LogP contribution < -0.4 is 9.64 Å². The predicted octanol–water partition coefficient (Wildman–Crippen LogP) is 5.13. The lowest BCUT2D eigenvalue weighted by atomic mass is 9.63. The van der Waals surface area contributed by atoms with E-state index in [0.717, 1.165) is 17.5 Å². The highest BCUT2D eigenvalue weighted by Gasteiger charge is 2.67. The highest BCUT2D eigenvalue weighted by molar-refractivity contribution is 6.23. The van der Waals surface area contributed by atoms with Crippen molar-refractivity contribution in [2.75, 3.05) is 4.90 Å². The topological polar surface area (TPSA) is 63.7 Å². The van der Waals surface area contributed by atoms with Crippen LogP contribution in [0.15, 0.2) is 91.0 Å². The second kappa shape index (κ2) is 7.51. The highest BCUT2D eigenvalue weighted by Crippen LogP contribution is 2.65. The molecule has 35 heavy (non-hydrogen) atoms. The molecule has 4 aliphatic carbocycles. The van der Waals surface area contributed by atoms with Crippen LogP contribution in [0.2, 0.25) is 0 Å². The lowest BCUT2D eigenvalue weighted by Crippen LogP contribution is -2.40. The molecule has 8 rings (SSSR count). The van der Waals surface area contributed by atoms with Crippen LogP contribution in [0.25, 0.3) is 11.1 Å². The Morgan fingerprint density at radius 1 is 0.743 bits per heavy atom. The summed E-state index contributed by atoms with van der Waals surface area (Å²) < 4.78 is 5.58. The van der Waals surface area contributed by atoms with Gasteiger partial charge in [-0.25, -0.2) is 9.69 Å². The van der Waals surface area contributed by atoms with E-state index in [1.807, 2.05) is 42.5 Å². The number of esters is 1. The number of benzene rings is 3. The minimum Gasteiger partial charge on any atom is -0.423 e. The number of imide groups is 1. The number of hydrogen-bond donors (Lipinski definition) is 0. The standard InChI is InChI=1S/C30H23NO4/c32-28-26-22-13-14-23(25-16-24(22)25)27(26)29(33)31(28)20-8-4-7-19(15-20)30(34)35-21-11-9-18(10-12-21)17-5-2-1-3-6-17/h1-15,22-27H,16H2/t22-,23-,24-,25+,26-,27+/m0/s1. The van der Waals surface area contributed by atoms with Gasteiger partial charge >= 0.3 is 5.97 Å². The third-order valence-corrected chi connectivity index (χ3v) is 8.17. The van der Waals surface area contributed by atoms with Gasteiger partial charge < -0.3 is 4.74 Å². The van der Waals surface area contributed by atoms with Gasteiger partial charge in [-0.15, -0.1) is 0 Å². The van der Waals surface area contributed by atoms with Crippen LogP contribution in [0.4, 0.5) is 5.69 Å². The molecule has 5 heteroatoms. The normalized spacial score (nSPS) is 29.7. The van der Waals surface area contributed by atoms with E-state index in [4.69, 9.17) is 4.74 Å². The highest BCUT2D eigenvalue weighted by atomic mass is 16.5. The molecule has 0 aromatic heterocycles. The monoisotopic (exact) mass is 461 g/mol. The van der Waals surface area contributed by atoms with Crippen molar-refractivity contribution in [3.63, 3.8) is 0 Å². The molecule has 2 amide bonds. The first-order valence-corrected chi connectivity index (χ1v) is 12.1. The maximum atomic E-state index is 13.4. The van der Waals surface area contributed by atoms with Crippen LogP contribution in [0, 0.1) is 35.5 Å². The van der Waals surface area contributed by atoms with Gasteiger partial charge in [0.25, 0.3) is 0 Å². The average Bonchev–Trinajstić information content (AvgIpc) is 3.68. The van der Waals surface area contributed by atoms with Gasteiger partial charge in [-0.3, -0.25) is 9.59 Å². The molecule has 1 heterocycles. The van der Waals surface area contributed by atoms with Gasteiger partial charge in [0.1, 0.15) is 5.75 Å². The number of amides is 2. The van der Waals surface area contributed by atoms with Crippen molar-refractivity contribution in [3.05, 3.63) is 96.6 Å². The second-order valence-electron chi connectivity index (χ2n) is 10.00. The van der Waals surface area contributed by atoms with Gasteiger partial charge in [-0.2, -0.15) is 0 Å².